The van der Waals surface area contributed by atoms with E-state index in [0.717, 1.165) is 18.6 Å². The molecule has 0 saturated heterocycles. The molecule has 62 heavy (non-hydrogen) atoms. The van der Waals surface area contributed by atoms with Crippen LogP contribution in [0.5, 0.6) is 0 Å². The van der Waals surface area contributed by atoms with Gasteiger partial charge in [-0.1, -0.05) is 108 Å². The van der Waals surface area contributed by atoms with E-state index in [2.05, 4.69) is 42.5 Å². The van der Waals surface area contributed by atoms with E-state index in [-0.39, 0.29) is 50.3 Å². The minimum absolute atomic E-state index is 0.0454. The molecule has 4 N–H and O–H groups in total. The fourth-order valence-electron chi connectivity index (χ4n) is 6.39. The van der Waals surface area contributed by atoms with Crippen molar-refractivity contribution in [2.45, 2.75) is 122 Å². The van der Waals surface area contributed by atoms with Gasteiger partial charge in [-0.2, -0.15) is 15.0 Å². The van der Waals surface area contributed by atoms with E-state index < -0.39 is 16.6 Å². The van der Waals surface area contributed by atoms with Gasteiger partial charge in [-0.3, -0.25) is 14.4 Å². The number of aromatic nitrogens is 3. The Kier molecular flexibility index (Phi) is 31.6. The number of Topliss-reactive ketones (excluding diaryl/α,β-unsaturated/α-hetero) is 1. The smallest absolute Gasteiger partial charge is 0.235 e. The normalized spacial score (nSPS) is 12.3. The summed E-state index contributed by atoms with van der Waals surface area (Å²) in [5.74, 6) is 1.40. The minimum atomic E-state index is -0.835. The van der Waals surface area contributed by atoms with E-state index in [1.807, 2.05) is 44.8 Å². The molecule has 1 heterocycles. The van der Waals surface area contributed by atoms with Crippen LogP contribution in [-0.4, -0.2) is 140 Å². The molecule has 1 aromatic heterocycles. The van der Waals surface area contributed by atoms with Gasteiger partial charge in [0.1, 0.15) is 16.0 Å². The molecule has 1 aromatic rings. The fourth-order valence-corrected chi connectivity index (χ4v) is 9.25. The van der Waals surface area contributed by atoms with Gasteiger partial charge in [-0.25, -0.2) is 0 Å². The van der Waals surface area contributed by atoms with Crippen LogP contribution in [0.1, 0.15) is 117 Å². The molecule has 0 bridgehead atoms. The molecule has 20 heteroatoms. The molecule has 17 nitrogen and oxygen atoms in total. The third-order valence-corrected chi connectivity index (χ3v) is 13.0. The van der Waals surface area contributed by atoms with Gasteiger partial charge in [-0.15, -0.1) is 11.8 Å². The highest BCUT2D eigenvalue weighted by molar-refractivity contribution is 8.47. The van der Waals surface area contributed by atoms with Crippen molar-refractivity contribution in [2.24, 2.45) is 22.2 Å². The van der Waals surface area contributed by atoms with Crippen LogP contribution >= 0.6 is 35.7 Å². The average Bonchev–Trinajstić information content (AvgIpc) is 3.24. The SMILES string of the molecule is CCCCCCCCCCCCSC(=S)SC(CC(CC(C)(C)C(=O)CCCCOCCN(C)c1nc(NCCN)nc(N(C)C)n1)C(=O)NCCOCN=[N+]=[N-])C(=O)N(C)C. The Bertz CT molecular complexity index is 1490. The molecular formula is C42H78N12O5S3. The second-order valence-electron chi connectivity index (χ2n) is 16.5. The van der Waals surface area contributed by atoms with Crippen molar-refractivity contribution in [3.63, 3.8) is 0 Å². The zero-order valence-electron chi connectivity index (χ0n) is 39.0. The molecule has 2 atom stereocenters. The van der Waals surface area contributed by atoms with Gasteiger partial charge in [0.15, 0.2) is 0 Å². The van der Waals surface area contributed by atoms with Gasteiger partial charge in [0.05, 0.1) is 18.5 Å². The number of ether oxygens (including phenoxy) is 2. The zero-order chi connectivity index (χ0) is 46.2. The number of unbranched alkanes of at least 4 members (excludes halogenated alkanes) is 10. The van der Waals surface area contributed by atoms with Gasteiger partial charge >= 0.3 is 0 Å². The average molecular weight is 927 g/mol. The molecular weight excluding hydrogens is 849 g/mol. The Hall–Kier alpha value is -3.00. The summed E-state index contributed by atoms with van der Waals surface area (Å²) in [6.07, 6.45) is 14.8. The van der Waals surface area contributed by atoms with E-state index in [1.54, 1.807) is 25.9 Å². The molecule has 0 aliphatic carbocycles. The first-order valence-electron chi connectivity index (χ1n) is 22.3. The van der Waals surface area contributed by atoms with Gasteiger partial charge in [0, 0.05) is 90.7 Å². The van der Waals surface area contributed by atoms with Crippen LogP contribution in [0.15, 0.2) is 5.11 Å². The number of amides is 2. The molecule has 0 spiro atoms. The number of rotatable bonds is 37. The Morgan fingerprint density at radius 3 is 2.18 bits per heavy atom. The molecule has 0 aliphatic rings. The summed E-state index contributed by atoms with van der Waals surface area (Å²) >= 11 is 8.71. The van der Waals surface area contributed by atoms with E-state index in [4.69, 9.17) is 33.0 Å². The molecule has 0 fully saturated rings. The van der Waals surface area contributed by atoms with Crippen LogP contribution in [0.2, 0.25) is 0 Å². The summed E-state index contributed by atoms with van der Waals surface area (Å²) in [4.78, 5) is 62.4. The number of azide groups is 1. The first-order valence-corrected chi connectivity index (χ1v) is 24.5. The van der Waals surface area contributed by atoms with E-state index in [1.165, 1.54) is 68.0 Å². The van der Waals surface area contributed by atoms with E-state index in [0.29, 0.717) is 73.5 Å². The lowest BCUT2D eigenvalue weighted by atomic mass is 9.76. The highest BCUT2D eigenvalue weighted by atomic mass is 32.2. The Labute approximate surface area is 385 Å². The Balaban J connectivity index is 2.79. The van der Waals surface area contributed by atoms with Crippen molar-refractivity contribution in [3.05, 3.63) is 10.4 Å². The maximum Gasteiger partial charge on any atom is 0.235 e. The monoisotopic (exact) mass is 927 g/mol. The summed E-state index contributed by atoms with van der Waals surface area (Å²) in [6, 6.07) is 0. The second kappa shape index (κ2) is 34.4. The number of thiocarbonyl (C=S) groups is 1. The van der Waals surface area contributed by atoms with Crippen molar-refractivity contribution in [3.8, 4) is 0 Å². The van der Waals surface area contributed by atoms with Gasteiger partial charge in [0.25, 0.3) is 0 Å². The fraction of sp³-hybridized carbons (Fsp3) is 0.833. The Morgan fingerprint density at radius 2 is 1.55 bits per heavy atom. The first-order chi connectivity index (χ1) is 29.7. The van der Waals surface area contributed by atoms with Crippen LogP contribution in [-0.2, 0) is 23.9 Å². The summed E-state index contributed by atoms with van der Waals surface area (Å²) in [5, 5.41) is 8.78. The third kappa shape index (κ3) is 25.9. The van der Waals surface area contributed by atoms with Crippen molar-refractivity contribution >= 4 is 74.7 Å². The molecule has 0 radical (unpaired) electrons. The zero-order valence-corrected chi connectivity index (χ0v) is 41.4. The standard InChI is InChI=1S/C42H78N12O5S3/c1-9-10-11-12-13-14-15-16-17-20-29-61-41(60)62-34(37(57)52(4)5)30-33(36(56)45-24-27-59-32-47-51-44)31-42(2,3)35(55)21-18-19-26-58-28-25-54(8)40-49-38(46-23-22-43)48-39(50-40)53(6)7/h33-34H,9-32,43H2,1-8H3,(H,45,56)(H,46,48,49,50). The molecule has 0 aromatic carbocycles. The number of hydrogen-bond acceptors (Lipinski definition) is 16. The number of nitrogens with two attached hydrogens (primary N) is 1. The van der Waals surface area contributed by atoms with Crippen molar-refractivity contribution < 1.29 is 23.9 Å². The number of nitrogens with one attached hydrogen (secondary N) is 2. The number of carbonyl (C=O) groups is 3. The highest BCUT2D eigenvalue weighted by Crippen LogP contribution is 2.35. The first kappa shape index (κ1) is 57.0. The van der Waals surface area contributed by atoms with Crippen molar-refractivity contribution in [1.29, 1.82) is 0 Å². The number of thioether (sulfide) groups is 2. The third-order valence-electron chi connectivity index (χ3n) is 10.1. The number of likely N-dealkylation sites (N-methyl/N-ethyl adjacent to an activating group) is 1. The summed E-state index contributed by atoms with van der Waals surface area (Å²) in [5.41, 5.74) is 13.3. The molecule has 354 valence electrons. The maximum atomic E-state index is 13.8. The van der Waals surface area contributed by atoms with E-state index in [9.17, 15) is 14.4 Å². The minimum Gasteiger partial charge on any atom is -0.380 e. The number of carbonyl (C=O) groups excluding carboxylic acids is 3. The lowest BCUT2D eigenvalue weighted by molar-refractivity contribution is -0.131. The van der Waals surface area contributed by atoms with Crippen LogP contribution in [0, 0.1) is 11.3 Å². The van der Waals surface area contributed by atoms with Gasteiger partial charge in [0.2, 0.25) is 29.7 Å². The largest absolute Gasteiger partial charge is 0.380 e. The van der Waals surface area contributed by atoms with Gasteiger partial charge < -0.3 is 40.5 Å². The maximum absolute atomic E-state index is 13.8. The topological polar surface area (TPSA) is 217 Å². The van der Waals surface area contributed by atoms with Crippen LogP contribution in [0.25, 0.3) is 10.4 Å². The van der Waals surface area contributed by atoms with Crippen molar-refractivity contribution in [1.82, 2.24) is 25.2 Å². The summed E-state index contributed by atoms with van der Waals surface area (Å²) < 4.78 is 11.9. The molecule has 2 amide bonds. The van der Waals surface area contributed by atoms with Crippen LogP contribution in [0.3, 0.4) is 0 Å². The van der Waals surface area contributed by atoms with Crippen molar-refractivity contribution in [2.75, 3.05) is 109 Å². The second-order valence-corrected chi connectivity index (χ2v) is 20.0. The molecule has 0 saturated carbocycles. The van der Waals surface area contributed by atoms with Crippen LogP contribution < -0.4 is 26.2 Å². The summed E-state index contributed by atoms with van der Waals surface area (Å²) in [6.45, 7) is 8.66. The van der Waals surface area contributed by atoms with E-state index >= 15 is 0 Å². The number of nitrogens with zero attached hydrogens (tertiary/aromatic N) is 9. The molecule has 2 unspecified atom stereocenters. The number of ketones is 1. The highest BCUT2D eigenvalue weighted by Gasteiger charge is 2.37. The molecule has 1 rings (SSSR count). The van der Waals surface area contributed by atoms with Crippen LogP contribution in [0.4, 0.5) is 17.8 Å². The number of anilines is 3. The molecule has 0 aliphatic heterocycles. The quantitative estimate of drug-likeness (QED) is 0.0194. The lowest BCUT2D eigenvalue weighted by Gasteiger charge is -2.30. The summed E-state index contributed by atoms with van der Waals surface area (Å²) in [7, 11) is 9.04. The number of hydrogen-bond donors (Lipinski definition) is 3. The predicted molar refractivity (Wildman–Crippen MR) is 261 cm³/mol. The Morgan fingerprint density at radius 1 is 0.887 bits per heavy atom. The lowest BCUT2D eigenvalue weighted by Crippen LogP contribution is -2.41. The predicted octanol–water partition coefficient (Wildman–Crippen LogP) is 7.45. The van der Waals surface area contributed by atoms with Gasteiger partial charge in [-0.05, 0) is 43.4 Å².